The highest BCUT2D eigenvalue weighted by atomic mass is 32.1. The van der Waals surface area contributed by atoms with E-state index in [4.69, 9.17) is 21.7 Å². The Morgan fingerprint density at radius 3 is 2.61 bits per heavy atom. The maximum absolute atomic E-state index is 13.0. The molecule has 31 heavy (non-hydrogen) atoms. The summed E-state index contributed by atoms with van der Waals surface area (Å²) in [5.41, 5.74) is 3.29. The van der Waals surface area contributed by atoms with Crippen LogP contribution in [-0.4, -0.2) is 55.4 Å². The Labute approximate surface area is 188 Å². The number of hydrogen-bond donors (Lipinski definition) is 1. The van der Waals surface area contributed by atoms with Gasteiger partial charge in [-0.2, -0.15) is 0 Å². The second-order valence-corrected chi connectivity index (χ2v) is 7.87. The SMILES string of the molecule is CCc1ccccc1N1C(=O)/C(=C\c2ccc(OCCN3CCOCC3)cc2)NC1=S. The van der Waals surface area contributed by atoms with Gasteiger partial charge in [-0.1, -0.05) is 37.3 Å². The van der Waals surface area contributed by atoms with Gasteiger partial charge in [0, 0.05) is 19.6 Å². The molecule has 0 spiro atoms. The zero-order chi connectivity index (χ0) is 21.6. The third-order valence-electron chi connectivity index (χ3n) is 5.46. The van der Waals surface area contributed by atoms with Crippen molar-refractivity contribution in [2.24, 2.45) is 0 Å². The van der Waals surface area contributed by atoms with E-state index >= 15 is 0 Å². The minimum Gasteiger partial charge on any atom is -0.492 e. The summed E-state index contributed by atoms with van der Waals surface area (Å²) in [5, 5.41) is 3.46. The van der Waals surface area contributed by atoms with Crippen molar-refractivity contribution < 1.29 is 14.3 Å². The number of anilines is 1. The lowest BCUT2D eigenvalue weighted by Gasteiger charge is -2.26. The van der Waals surface area contributed by atoms with Gasteiger partial charge in [0.2, 0.25) is 0 Å². The molecule has 2 aromatic carbocycles. The number of hydrogen-bond acceptors (Lipinski definition) is 5. The fraction of sp³-hybridized carbons (Fsp3) is 0.333. The van der Waals surface area contributed by atoms with Crippen LogP contribution in [0.1, 0.15) is 18.1 Å². The topological polar surface area (TPSA) is 54.0 Å². The first kappa shape index (κ1) is 21.5. The average molecular weight is 438 g/mol. The van der Waals surface area contributed by atoms with Gasteiger partial charge in [0.1, 0.15) is 18.1 Å². The minimum atomic E-state index is -0.142. The third-order valence-corrected chi connectivity index (χ3v) is 5.75. The molecule has 1 amide bonds. The molecule has 162 valence electrons. The molecule has 0 unspecified atom stereocenters. The highest BCUT2D eigenvalue weighted by Crippen LogP contribution is 2.26. The van der Waals surface area contributed by atoms with Crippen LogP contribution in [0.3, 0.4) is 0 Å². The van der Waals surface area contributed by atoms with E-state index in [1.54, 1.807) is 4.90 Å². The molecule has 2 fully saturated rings. The van der Waals surface area contributed by atoms with E-state index in [2.05, 4.69) is 17.1 Å². The molecule has 2 aromatic rings. The molecule has 4 rings (SSSR count). The first-order chi connectivity index (χ1) is 15.2. The molecule has 0 atom stereocenters. The van der Waals surface area contributed by atoms with Crippen LogP contribution < -0.4 is 15.0 Å². The molecular weight excluding hydrogens is 410 g/mol. The number of thiocarbonyl (C=S) groups is 1. The summed E-state index contributed by atoms with van der Waals surface area (Å²) in [5.74, 6) is 0.673. The Hall–Kier alpha value is -2.74. The summed E-state index contributed by atoms with van der Waals surface area (Å²) >= 11 is 5.44. The number of carbonyl (C=O) groups is 1. The molecule has 1 N–H and O–H groups in total. The normalized spacial score (nSPS) is 18.5. The maximum atomic E-state index is 13.0. The molecule has 2 aliphatic heterocycles. The number of amides is 1. The summed E-state index contributed by atoms with van der Waals surface area (Å²) in [6.07, 6.45) is 2.65. The number of para-hydroxylation sites is 1. The summed E-state index contributed by atoms with van der Waals surface area (Å²) in [4.78, 5) is 16.9. The van der Waals surface area contributed by atoms with Gasteiger partial charge >= 0.3 is 0 Å². The van der Waals surface area contributed by atoms with Gasteiger partial charge in [-0.15, -0.1) is 0 Å². The van der Waals surface area contributed by atoms with Gasteiger partial charge in [0.25, 0.3) is 5.91 Å². The third kappa shape index (κ3) is 5.12. The van der Waals surface area contributed by atoms with Crippen LogP contribution in [0.2, 0.25) is 0 Å². The molecule has 7 heteroatoms. The summed E-state index contributed by atoms with van der Waals surface area (Å²) in [6, 6.07) is 15.6. The minimum absolute atomic E-state index is 0.142. The second kappa shape index (κ2) is 10.0. The van der Waals surface area contributed by atoms with Gasteiger partial charge in [-0.3, -0.25) is 14.6 Å². The molecule has 6 nitrogen and oxygen atoms in total. The molecule has 0 aliphatic carbocycles. The Morgan fingerprint density at radius 1 is 1.13 bits per heavy atom. The Balaban J connectivity index is 1.39. The Morgan fingerprint density at radius 2 is 1.87 bits per heavy atom. The van der Waals surface area contributed by atoms with Gasteiger partial charge in [0.15, 0.2) is 5.11 Å². The largest absolute Gasteiger partial charge is 0.492 e. The lowest BCUT2D eigenvalue weighted by Crippen LogP contribution is -2.38. The molecule has 0 aromatic heterocycles. The number of rotatable bonds is 7. The lowest BCUT2D eigenvalue weighted by molar-refractivity contribution is -0.113. The second-order valence-electron chi connectivity index (χ2n) is 7.48. The first-order valence-corrected chi connectivity index (χ1v) is 11.0. The quantitative estimate of drug-likeness (QED) is 0.530. The predicted molar refractivity (Wildman–Crippen MR) is 126 cm³/mol. The zero-order valence-electron chi connectivity index (χ0n) is 17.7. The van der Waals surface area contributed by atoms with Gasteiger partial charge in [-0.05, 0) is 54.0 Å². The number of carbonyl (C=O) groups excluding carboxylic acids is 1. The smallest absolute Gasteiger partial charge is 0.281 e. The fourth-order valence-electron chi connectivity index (χ4n) is 3.73. The lowest BCUT2D eigenvalue weighted by atomic mass is 10.1. The van der Waals surface area contributed by atoms with E-state index in [0.29, 0.717) is 17.4 Å². The molecule has 0 radical (unpaired) electrons. The van der Waals surface area contributed by atoms with Crippen molar-refractivity contribution >= 4 is 35.0 Å². The van der Waals surface area contributed by atoms with Crippen molar-refractivity contribution in [3.05, 3.63) is 65.4 Å². The molecular formula is C24H27N3O3S. The Bertz CT molecular complexity index is 968. The van der Waals surface area contributed by atoms with Crippen LogP contribution in [0.25, 0.3) is 6.08 Å². The Kier molecular flexibility index (Phi) is 6.96. The highest BCUT2D eigenvalue weighted by Gasteiger charge is 2.32. The van der Waals surface area contributed by atoms with Crippen LogP contribution in [0.5, 0.6) is 5.75 Å². The van der Waals surface area contributed by atoms with E-state index in [9.17, 15) is 4.79 Å². The van der Waals surface area contributed by atoms with Gasteiger partial charge < -0.3 is 14.8 Å². The van der Waals surface area contributed by atoms with Crippen LogP contribution >= 0.6 is 12.2 Å². The standard InChI is InChI=1S/C24H27N3O3S/c1-2-19-5-3-4-6-22(19)27-23(28)21(25-24(27)31)17-18-7-9-20(10-8-18)30-16-13-26-11-14-29-15-12-26/h3-10,17H,2,11-16H2,1H3,(H,25,31)/b21-17+. The maximum Gasteiger partial charge on any atom is 0.281 e. The van der Waals surface area contributed by atoms with Gasteiger partial charge in [-0.25, -0.2) is 0 Å². The molecule has 0 saturated carbocycles. The first-order valence-electron chi connectivity index (χ1n) is 10.6. The van der Waals surface area contributed by atoms with Crippen molar-refractivity contribution in [2.75, 3.05) is 44.4 Å². The summed E-state index contributed by atoms with van der Waals surface area (Å²) in [6.45, 7) is 7.09. The van der Waals surface area contributed by atoms with E-state index in [0.717, 1.165) is 61.8 Å². The fourth-order valence-corrected chi connectivity index (χ4v) is 4.02. The number of ether oxygens (including phenoxy) is 2. The number of aryl methyl sites for hydroxylation is 1. The summed E-state index contributed by atoms with van der Waals surface area (Å²) in [7, 11) is 0. The van der Waals surface area contributed by atoms with Crippen molar-refractivity contribution in [3.8, 4) is 5.75 Å². The molecule has 0 bridgehead atoms. The summed E-state index contributed by atoms with van der Waals surface area (Å²) < 4.78 is 11.2. The van der Waals surface area contributed by atoms with E-state index in [1.165, 1.54) is 0 Å². The van der Waals surface area contributed by atoms with Crippen molar-refractivity contribution in [1.82, 2.24) is 10.2 Å². The predicted octanol–water partition coefficient (Wildman–Crippen LogP) is 3.22. The monoisotopic (exact) mass is 437 g/mol. The number of benzene rings is 2. The van der Waals surface area contributed by atoms with E-state index < -0.39 is 0 Å². The van der Waals surface area contributed by atoms with Crippen LogP contribution in [0, 0.1) is 0 Å². The van der Waals surface area contributed by atoms with Gasteiger partial charge in [0.05, 0.1) is 18.9 Å². The zero-order valence-corrected chi connectivity index (χ0v) is 18.5. The molecule has 2 saturated heterocycles. The van der Waals surface area contributed by atoms with Crippen molar-refractivity contribution in [2.45, 2.75) is 13.3 Å². The van der Waals surface area contributed by atoms with Crippen LogP contribution in [-0.2, 0) is 16.0 Å². The highest BCUT2D eigenvalue weighted by molar-refractivity contribution is 7.80. The van der Waals surface area contributed by atoms with Crippen molar-refractivity contribution in [1.29, 1.82) is 0 Å². The van der Waals surface area contributed by atoms with E-state index in [-0.39, 0.29) is 5.91 Å². The number of nitrogens with zero attached hydrogens (tertiary/aromatic N) is 2. The average Bonchev–Trinajstić information content (AvgIpc) is 3.08. The number of morpholine rings is 1. The van der Waals surface area contributed by atoms with Crippen LogP contribution in [0.15, 0.2) is 54.2 Å². The van der Waals surface area contributed by atoms with E-state index in [1.807, 2.05) is 54.6 Å². The molecule has 2 heterocycles. The number of nitrogens with one attached hydrogen (secondary N) is 1. The molecule has 2 aliphatic rings. The van der Waals surface area contributed by atoms with Crippen molar-refractivity contribution in [3.63, 3.8) is 0 Å². The van der Waals surface area contributed by atoms with Crippen LogP contribution in [0.4, 0.5) is 5.69 Å².